The zero-order chi connectivity index (χ0) is 28.5. The number of carbonyl (C=O) groups is 2. The third kappa shape index (κ3) is 7.04. The van der Waals surface area contributed by atoms with E-state index in [1.165, 1.54) is 19.3 Å². The van der Waals surface area contributed by atoms with Crippen molar-refractivity contribution in [2.45, 2.75) is 130 Å². The summed E-state index contributed by atoms with van der Waals surface area (Å²) < 4.78 is 6.26. The van der Waals surface area contributed by atoms with E-state index in [2.05, 4.69) is 36.3 Å². The fourth-order valence-electron chi connectivity index (χ4n) is 5.86. The van der Waals surface area contributed by atoms with E-state index in [4.69, 9.17) is 4.74 Å². The van der Waals surface area contributed by atoms with Crippen LogP contribution in [0.1, 0.15) is 100 Å². The molecule has 1 saturated heterocycles. The molecule has 0 aromatic carbocycles. The van der Waals surface area contributed by atoms with E-state index in [0.29, 0.717) is 6.42 Å². The minimum Gasteiger partial charge on any atom is -0.391 e. The van der Waals surface area contributed by atoms with Crippen LogP contribution in [0.3, 0.4) is 0 Å². The summed E-state index contributed by atoms with van der Waals surface area (Å²) in [6.07, 6.45) is 8.67. The minimum absolute atomic E-state index is 0.0462. The van der Waals surface area contributed by atoms with Crippen molar-refractivity contribution in [2.24, 2.45) is 32.9 Å². The highest BCUT2D eigenvalue weighted by Crippen LogP contribution is 2.58. The lowest BCUT2D eigenvalue weighted by atomic mass is 9.51. The van der Waals surface area contributed by atoms with Gasteiger partial charge < -0.3 is 20.1 Å². The van der Waals surface area contributed by atoms with Gasteiger partial charge in [-0.3, -0.25) is 9.59 Å². The number of amides is 2. The molecule has 5 unspecified atom stereocenters. The molecule has 0 aromatic rings. The van der Waals surface area contributed by atoms with Gasteiger partial charge in [0, 0.05) is 43.3 Å². The number of nitrogens with one attached hydrogen (secondary N) is 1. The third-order valence-corrected chi connectivity index (χ3v) is 8.92. The Hall–Kier alpha value is -1.80. The zero-order valence-electron chi connectivity index (χ0n) is 25.2. The van der Waals surface area contributed by atoms with Crippen molar-refractivity contribution < 1.29 is 19.4 Å². The number of hydrogen-bond donors (Lipinski definition) is 2. The molecule has 4 fully saturated rings. The maximum Gasteiger partial charge on any atom is 0.243 e. The van der Waals surface area contributed by atoms with E-state index in [1.807, 2.05) is 40.7 Å². The van der Waals surface area contributed by atoms with Crippen LogP contribution in [-0.2, 0) is 14.3 Å². The first kappa shape index (κ1) is 30.7. The molecule has 4 aliphatic rings. The second-order valence-corrected chi connectivity index (χ2v) is 13.9. The molecule has 38 heavy (non-hydrogen) atoms. The summed E-state index contributed by atoms with van der Waals surface area (Å²) in [5.41, 5.74) is 0.836. The van der Waals surface area contributed by atoms with Crippen molar-refractivity contribution in [1.82, 2.24) is 10.2 Å². The van der Waals surface area contributed by atoms with E-state index < -0.39 is 12.1 Å². The smallest absolute Gasteiger partial charge is 0.243 e. The van der Waals surface area contributed by atoms with Crippen molar-refractivity contribution in [3.63, 3.8) is 0 Å². The standard InChI is InChI=1S/C23H40N2O4.C7H12N2/c1-14(21(2,3)4)20(28)25-13-15(26)11-16(25)19(27)24-17-12-18(29-22(5,6)7)23(17)9-8-10-23;1-3-7(9-8-2)6-4-5-6/h14-18,26H,8-13H2,1-7H3,(H,24,27);3,6H,4-5H2,1-2H3/b;7-3-,9-8?. The normalized spacial score (nSPS) is 29.8. The molecular formula is C30H52N4O4. The molecule has 5 atom stereocenters. The second kappa shape index (κ2) is 11.7. The molecule has 1 heterocycles. The molecule has 1 aliphatic heterocycles. The Morgan fingerprint density at radius 1 is 1.13 bits per heavy atom. The highest BCUT2D eigenvalue weighted by Gasteiger charge is 2.60. The Morgan fingerprint density at radius 2 is 1.76 bits per heavy atom. The summed E-state index contributed by atoms with van der Waals surface area (Å²) in [5, 5.41) is 21.1. The molecule has 8 nitrogen and oxygen atoms in total. The lowest BCUT2D eigenvalue weighted by molar-refractivity contribution is -0.215. The minimum atomic E-state index is -0.641. The number of nitrogens with zero attached hydrogens (tertiary/aromatic N) is 3. The van der Waals surface area contributed by atoms with E-state index in [9.17, 15) is 14.7 Å². The van der Waals surface area contributed by atoms with Crippen molar-refractivity contribution in [1.29, 1.82) is 0 Å². The molecule has 0 radical (unpaired) electrons. The van der Waals surface area contributed by atoms with Gasteiger partial charge in [-0.15, -0.1) is 0 Å². The van der Waals surface area contributed by atoms with Crippen molar-refractivity contribution in [3.8, 4) is 0 Å². The van der Waals surface area contributed by atoms with E-state index in [0.717, 1.165) is 30.9 Å². The van der Waals surface area contributed by atoms with Crippen molar-refractivity contribution in [3.05, 3.63) is 11.8 Å². The van der Waals surface area contributed by atoms with E-state index >= 15 is 0 Å². The average molecular weight is 533 g/mol. The summed E-state index contributed by atoms with van der Waals surface area (Å²) in [7, 11) is 1.71. The number of ether oxygens (including phenoxy) is 1. The number of azo groups is 1. The molecule has 8 heteroatoms. The Balaban J connectivity index is 0.000000375. The Morgan fingerprint density at radius 3 is 2.21 bits per heavy atom. The molecule has 3 aliphatic carbocycles. The zero-order valence-corrected chi connectivity index (χ0v) is 25.2. The first-order valence-electron chi connectivity index (χ1n) is 14.6. The number of likely N-dealkylation sites (tertiary alicyclic amines) is 1. The number of carbonyl (C=O) groups excluding carboxylic acids is 2. The summed E-state index contributed by atoms with van der Waals surface area (Å²) >= 11 is 0. The van der Waals surface area contributed by atoms with Crippen LogP contribution in [0.15, 0.2) is 22.0 Å². The van der Waals surface area contributed by atoms with Crippen LogP contribution >= 0.6 is 0 Å². The number of allylic oxidation sites excluding steroid dienone is 2. The lowest BCUT2D eigenvalue weighted by Gasteiger charge is -2.62. The molecule has 0 aromatic heterocycles. The van der Waals surface area contributed by atoms with Crippen LogP contribution in [0, 0.1) is 22.7 Å². The fraction of sp³-hybridized carbons (Fsp3) is 0.867. The molecule has 2 N–H and O–H groups in total. The Labute approximate surface area is 230 Å². The third-order valence-electron chi connectivity index (χ3n) is 8.92. The van der Waals surface area contributed by atoms with Gasteiger partial charge in [0.15, 0.2) is 0 Å². The van der Waals surface area contributed by atoms with E-state index in [-0.39, 0.29) is 52.9 Å². The first-order valence-corrected chi connectivity index (χ1v) is 14.6. The predicted molar refractivity (Wildman–Crippen MR) is 149 cm³/mol. The average Bonchev–Trinajstić information content (AvgIpc) is 3.54. The SMILES string of the molecule is C/C=C(\N=NC)C1CC1.CC(C(=O)N1CC(O)CC1C(=O)NC1CC(OC(C)(C)C)C12CCC2)C(C)(C)C. The van der Waals surface area contributed by atoms with Gasteiger partial charge in [0.2, 0.25) is 11.8 Å². The van der Waals surface area contributed by atoms with E-state index in [1.54, 1.807) is 11.9 Å². The number of rotatable bonds is 6. The number of hydrogen-bond acceptors (Lipinski definition) is 6. The highest BCUT2D eigenvalue weighted by molar-refractivity contribution is 5.89. The first-order chi connectivity index (χ1) is 17.6. The van der Waals surface area contributed by atoms with Gasteiger partial charge >= 0.3 is 0 Å². The van der Waals surface area contributed by atoms with Crippen LogP contribution in [-0.4, -0.2) is 65.3 Å². The van der Waals surface area contributed by atoms with Crippen LogP contribution in [0.2, 0.25) is 0 Å². The molecule has 216 valence electrons. The van der Waals surface area contributed by atoms with Gasteiger partial charge in [0.25, 0.3) is 0 Å². The van der Waals surface area contributed by atoms with Crippen LogP contribution in [0.5, 0.6) is 0 Å². The lowest BCUT2D eigenvalue weighted by Crippen LogP contribution is -2.69. The summed E-state index contributed by atoms with van der Waals surface area (Å²) in [6, 6.07) is -0.479. The van der Waals surface area contributed by atoms with Gasteiger partial charge in [-0.2, -0.15) is 10.2 Å². The van der Waals surface area contributed by atoms with Gasteiger partial charge in [0.05, 0.1) is 23.5 Å². The summed E-state index contributed by atoms with van der Waals surface area (Å²) in [6.45, 7) is 16.5. The Kier molecular flexibility index (Phi) is 9.50. The van der Waals surface area contributed by atoms with Crippen LogP contribution < -0.4 is 5.32 Å². The molecular weight excluding hydrogens is 480 g/mol. The summed E-state index contributed by atoms with van der Waals surface area (Å²) in [5.74, 6) is 0.352. The number of aliphatic hydroxyl groups excluding tert-OH is 1. The molecule has 2 amide bonds. The maximum absolute atomic E-state index is 13.1. The summed E-state index contributed by atoms with van der Waals surface area (Å²) in [4.78, 5) is 27.8. The largest absolute Gasteiger partial charge is 0.391 e. The van der Waals surface area contributed by atoms with Gasteiger partial charge in [-0.05, 0) is 65.2 Å². The Bertz CT molecular complexity index is 908. The molecule has 4 rings (SSSR count). The number of β-amino-alcohol motifs (C(OH)–C–C–N with tert-alkyl or cyclic N) is 1. The predicted octanol–water partition coefficient (Wildman–Crippen LogP) is 5.26. The highest BCUT2D eigenvalue weighted by atomic mass is 16.5. The van der Waals surface area contributed by atoms with Crippen LogP contribution in [0.25, 0.3) is 0 Å². The molecule has 1 spiro atoms. The maximum atomic E-state index is 13.1. The van der Waals surface area contributed by atoms with Crippen LogP contribution in [0.4, 0.5) is 0 Å². The van der Waals surface area contributed by atoms with Crippen molar-refractivity contribution in [2.75, 3.05) is 13.6 Å². The topological polar surface area (TPSA) is 104 Å². The monoisotopic (exact) mass is 532 g/mol. The fourth-order valence-corrected chi connectivity index (χ4v) is 5.86. The number of aliphatic hydroxyl groups is 1. The van der Waals surface area contributed by atoms with Gasteiger partial charge in [0.1, 0.15) is 6.04 Å². The quantitative estimate of drug-likeness (QED) is 0.456. The van der Waals surface area contributed by atoms with Gasteiger partial charge in [-0.25, -0.2) is 0 Å². The molecule has 3 saturated carbocycles. The molecule has 0 bridgehead atoms. The second-order valence-electron chi connectivity index (χ2n) is 13.9. The van der Waals surface area contributed by atoms with Gasteiger partial charge in [-0.1, -0.05) is 40.2 Å². The van der Waals surface area contributed by atoms with Crippen molar-refractivity contribution >= 4 is 11.8 Å².